The molecule has 26 heavy (non-hydrogen) atoms. The Morgan fingerprint density at radius 3 is 2.77 bits per heavy atom. The van der Waals surface area contributed by atoms with Crippen molar-refractivity contribution in [1.82, 2.24) is 9.55 Å². The maximum Gasteiger partial charge on any atom is 0.351 e. The van der Waals surface area contributed by atoms with Crippen LogP contribution in [0.2, 0.25) is 13.1 Å². The summed E-state index contributed by atoms with van der Waals surface area (Å²) in [5.41, 5.74) is 5.01. The number of hydrogen-bond donors (Lipinski definition) is 1. The first-order valence-electron chi connectivity index (χ1n) is 8.50. The van der Waals surface area contributed by atoms with Gasteiger partial charge in [-0.15, -0.1) is 0 Å². The molecule has 0 bridgehead atoms. The molecule has 7 nitrogen and oxygen atoms in total. The van der Waals surface area contributed by atoms with Gasteiger partial charge in [0.05, 0.1) is 24.7 Å². The highest BCUT2D eigenvalue weighted by molar-refractivity contribution is 6.84. The number of hydrogen-bond acceptors (Lipinski definition) is 6. The first kappa shape index (κ1) is 18.3. The van der Waals surface area contributed by atoms with Crippen LogP contribution < -0.4 is 16.6 Å². The monoisotopic (exact) mass is 370 g/mol. The van der Waals surface area contributed by atoms with Gasteiger partial charge in [-0.2, -0.15) is 10.2 Å². The van der Waals surface area contributed by atoms with Gasteiger partial charge in [0.15, 0.2) is 6.23 Å². The van der Waals surface area contributed by atoms with E-state index in [1.54, 1.807) is 0 Å². The third-order valence-corrected chi connectivity index (χ3v) is 7.20. The van der Waals surface area contributed by atoms with Gasteiger partial charge in [0.1, 0.15) is 5.82 Å². The summed E-state index contributed by atoms with van der Waals surface area (Å²) in [6.45, 7) is 4.65. The highest BCUT2D eigenvalue weighted by atomic mass is 28.4. The summed E-state index contributed by atoms with van der Waals surface area (Å²) in [7, 11) is -2.06. The number of rotatable bonds is 5. The maximum absolute atomic E-state index is 12.1. The van der Waals surface area contributed by atoms with Crippen molar-refractivity contribution in [1.29, 1.82) is 5.26 Å². The van der Waals surface area contributed by atoms with E-state index < -0.39 is 26.2 Å². The van der Waals surface area contributed by atoms with E-state index in [-0.39, 0.29) is 11.9 Å². The van der Waals surface area contributed by atoms with Crippen molar-refractivity contribution in [2.45, 2.75) is 31.8 Å². The van der Waals surface area contributed by atoms with E-state index in [9.17, 15) is 10.1 Å². The molecule has 136 valence electrons. The zero-order valence-corrected chi connectivity index (χ0v) is 15.8. The minimum atomic E-state index is -2.06. The summed E-state index contributed by atoms with van der Waals surface area (Å²) in [5, 5.41) is 10.6. The second-order valence-corrected chi connectivity index (χ2v) is 10.7. The summed E-state index contributed by atoms with van der Waals surface area (Å²) in [6.07, 6.45) is 1.11. The van der Waals surface area contributed by atoms with Crippen LogP contribution in [0, 0.1) is 17.2 Å². The first-order chi connectivity index (χ1) is 12.4. The van der Waals surface area contributed by atoms with Crippen LogP contribution >= 0.6 is 0 Å². The molecule has 2 aromatic rings. The Bertz CT molecular complexity index is 863. The van der Waals surface area contributed by atoms with E-state index in [0.717, 1.165) is 0 Å². The average Bonchev–Trinajstić information content (AvgIpc) is 3.04. The van der Waals surface area contributed by atoms with E-state index >= 15 is 0 Å². The predicted octanol–water partition coefficient (Wildman–Crippen LogP) is 1.38. The van der Waals surface area contributed by atoms with Gasteiger partial charge in [0.2, 0.25) is 8.32 Å². The van der Waals surface area contributed by atoms with Gasteiger partial charge in [-0.3, -0.25) is 4.57 Å². The number of aromatic nitrogens is 2. The van der Waals surface area contributed by atoms with Crippen molar-refractivity contribution in [3.8, 4) is 6.07 Å². The zero-order chi connectivity index (χ0) is 18.7. The van der Waals surface area contributed by atoms with Gasteiger partial charge < -0.3 is 14.9 Å². The largest absolute Gasteiger partial charge is 0.410 e. The molecule has 1 fully saturated rings. The van der Waals surface area contributed by atoms with Gasteiger partial charge >= 0.3 is 5.69 Å². The molecular weight excluding hydrogens is 348 g/mol. The molecule has 1 aromatic carbocycles. The summed E-state index contributed by atoms with van der Waals surface area (Å²) in [5.74, 6) is -0.290. The first-order valence-corrected chi connectivity index (χ1v) is 11.4. The third kappa shape index (κ3) is 3.85. The van der Waals surface area contributed by atoms with E-state index in [0.29, 0.717) is 13.0 Å². The van der Waals surface area contributed by atoms with Crippen LogP contribution in [0.25, 0.3) is 0 Å². The fraction of sp³-hybridized carbons (Fsp3) is 0.389. The highest BCUT2D eigenvalue weighted by Gasteiger charge is 2.38. The molecule has 0 spiro atoms. The Hall–Kier alpha value is -2.47. The lowest BCUT2D eigenvalue weighted by Gasteiger charge is -2.25. The van der Waals surface area contributed by atoms with E-state index in [1.165, 1.54) is 22.0 Å². The minimum Gasteiger partial charge on any atom is -0.410 e. The minimum absolute atomic E-state index is 0.147. The molecular formula is C18H22N4O3Si. The molecule has 1 saturated heterocycles. The van der Waals surface area contributed by atoms with Crippen LogP contribution in [0.1, 0.15) is 12.6 Å². The van der Waals surface area contributed by atoms with Crippen LogP contribution in [0.5, 0.6) is 0 Å². The van der Waals surface area contributed by atoms with Gasteiger partial charge in [0, 0.05) is 6.20 Å². The van der Waals surface area contributed by atoms with Crippen LogP contribution in [-0.2, 0) is 9.16 Å². The molecule has 1 aliphatic rings. The summed E-state index contributed by atoms with van der Waals surface area (Å²) in [6, 6.07) is 13.9. The SMILES string of the molecule is C[Si](C)(OC[C@@H]1C[C@H](C#N)[C@H](n2ccc(N)nc2=O)O1)c1ccccc1. The summed E-state index contributed by atoms with van der Waals surface area (Å²) < 4.78 is 13.5. The molecule has 0 saturated carbocycles. The van der Waals surface area contributed by atoms with Gasteiger partial charge in [0.25, 0.3) is 0 Å². The molecule has 0 radical (unpaired) electrons. The molecule has 0 aliphatic carbocycles. The molecule has 1 aliphatic heterocycles. The van der Waals surface area contributed by atoms with Gasteiger partial charge in [-0.25, -0.2) is 4.79 Å². The van der Waals surface area contributed by atoms with Crippen LogP contribution in [0.4, 0.5) is 5.82 Å². The molecule has 3 atom stereocenters. The van der Waals surface area contributed by atoms with Crippen molar-refractivity contribution in [3.05, 3.63) is 53.1 Å². The molecule has 0 unspecified atom stereocenters. The number of nitrogen functional groups attached to an aromatic ring is 1. The number of ether oxygens (including phenoxy) is 1. The number of nitrogens with two attached hydrogens (primary N) is 1. The third-order valence-electron chi connectivity index (χ3n) is 4.58. The van der Waals surface area contributed by atoms with Gasteiger partial charge in [-0.05, 0) is 30.8 Å². The molecule has 0 amide bonds. The zero-order valence-electron chi connectivity index (χ0n) is 14.8. The van der Waals surface area contributed by atoms with Crippen LogP contribution in [0.15, 0.2) is 47.4 Å². The average molecular weight is 370 g/mol. The van der Waals surface area contributed by atoms with E-state index in [2.05, 4.69) is 36.3 Å². The topological polar surface area (TPSA) is 103 Å². The fourth-order valence-electron chi connectivity index (χ4n) is 3.07. The van der Waals surface area contributed by atoms with E-state index in [4.69, 9.17) is 14.9 Å². The standard InChI is InChI=1S/C18H22N4O3Si/c1-26(2,15-6-4-3-5-7-15)24-12-14-10-13(11-19)17(25-14)22-9-8-16(20)21-18(22)23/h3-9,13-14,17H,10,12H2,1-2H3,(H2,20,21,23)/t13-,14+,17-/m1/s1. The molecule has 2 heterocycles. The lowest BCUT2D eigenvalue weighted by molar-refractivity contribution is -0.0271. The molecule has 1 aromatic heterocycles. The van der Waals surface area contributed by atoms with E-state index in [1.807, 2.05) is 18.2 Å². The number of anilines is 1. The van der Waals surface area contributed by atoms with Crippen molar-refractivity contribution in [3.63, 3.8) is 0 Å². The van der Waals surface area contributed by atoms with Crippen LogP contribution in [0.3, 0.4) is 0 Å². The molecule has 3 rings (SSSR count). The second-order valence-electron chi connectivity index (χ2n) is 6.85. The summed E-state index contributed by atoms with van der Waals surface area (Å²) in [4.78, 5) is 15.8. The van der Waals surface area contributed by atoms with Crippen molar-refractivity contribution < 1.29 is 9.16 Å². The second kappa shape index (κ2) is 7.41. The smallest absolute Gasteiger partial charge is 0.351 e. The van der Waals surface area contributed by atoms with Crippen molar-refractivity contribution in [2.75, 3.05) is 12.3 Å². The summed E-state index contributed by atoms with van der Waals surface area (Å²) >= 11 is 0. The predicted molar refractivity (Wildman–Crippen MR) is 100 cm³/mol. The Labute approximate surface area is 153 Å². The fourth-order valence-corrected chi connectivity index (χ4v) is 4.84. The van der Waals surface area contributed by atoms with Crippen LogP contribution in [-0.4, -0.2) is 30.6 Å². The lowest BCUT2D eigenvalue weighted by atomic mass is 10.1. The highest BCUT2D eigenvalue weighted by Crippen LogP contribution is 2.33. The normalized spacial score (nSPS) is 22.9. The van der Waals surface area contributed by atoms with Gasteiger partial charge in [-0.1, -0.05) is 30.3 Å². The Morgan fingerprint density at radius 2 is 2.12 bits per heavy atom. The quantitative estimate of drug-likeness (QED) is 0.798. The lowest BCUT2D eigenvalue weighted by Crippen LogP contribution is -2.46. The Balaban J connectivity index is 1.70. The number of nitrogens with zero attached hydrogens (tertiary/aromatic N) is 3. The Morgan fingerprint density at radius 1 is 1.38 bits per heavy atom. The van der Waals surface area contributed by atoms with Crippen molar-refractivity contribution >= 4 is 19.3 Å². The molecule has 2 N–H and O–H groups in total. The number of nitriles is 1. The number of benzene rings is 1. The maximum atomic E-state index is 12.1. The van der Waals surface area contributed by atoms with Crippen molar-refractivity contribution in [2.24, 2.45) is 5.92 Å². The molecule has 8 heteroatoms. The Kier molecular flexibility index (Phi) is 5.22.